The van der Waals surface area contributed by atoms with Gasteiger partial charge in [-0.2, -0.15) is 5.10 Å². The standard InChI is InChI=1S/C22H25Cl2N3O/c1-5-27-20-9-6-15(10-17(20)14(2)12-22(27,3)4)13-25-26-21(28)16-7-8-18(23)19(24)11-16/h6-11,13-14H,5,12H2,1-4H3,(H,26,28)/b25-13-/t14-/m1/s1. The molecule has 0 saturated heterocycles. The van der Waals surface area contributed by atoms with Crippen LogP contribution in [0.2, 0.25) is 10.0 Å². The summed E-state index contributed by atoms with van der Waals surface area (Å²) in [5.74, 6) is 0.131. The lowest BCUT2D eigenvalue weighted by molar-refractivity contribution is 0.0955. The monoisotopic (exact) mass is 417 g/mol. The van der Waals surface area contributed by atoms with E-state index in [9.17, 15) is 4.79 Å². The fourth-order valence-electron chi connectivity index (χ4n) is 4.06. The van der Waals surface area contributed by atoms with Crippen LogP contribution >= 0.6 is 23.2 Å². The van der Waals surface area contributed by atoms with Crippen LogP contribution in [0.25, 0.3) is 0 Å². The zero-order valence-corrected chi connectivity index (χ0v) is 18.1. The number of carbonyl (C=O) groups excluding carboxylic acids is 1. The van der Waals surface area contributed by atoms with Crippen LogP contribution in [-0.2, 0) is 0 Å². The molecule has 0 spiro atoms. The van der Waals surface area contributed by atoms with Gasteiger partial charge in [-0.25, -0.2) is 5.43 Å². The number of fused-ring (bicyclic) bond motifs is 1. The number of hydrazone groups is 1. The fraction of sp³-hybridized carbons (Fsp3) is 0.364. The van der Waals surface area contributed by atoms with Gasteiger partial charge < -0.3 is 4.90 Å². The molecule has 148 valence electrons. The summed E-state index contributed by atoms with van der Waals surface area (Å²) in [6, 6.07) is 11.1. The van der Waals surface area contributed by atoms with Gasteiger partial charge in [0.05, 0.1) is 16.3 Å². The van der Waals surface area contributed by atoms with Crippen molar-refractivity contribution >= 4 is 41.0 Å². The highest BCUT2D eigenvalue weighted by molar-refractivity contribution is 6.42. The molecule has 0 saturated carbocycles. The summed E-state index contributed by atoms with van der Waals surface area (Å²) >= 11 is 11.8. The Morgan fingerprint density at radius 2 is 2.00 bits per heavy atom. The number of benzene rings is 2. The Bertz CT molecular complexity index is 924. The Kier molecular flexibility index (Phi) is 6.01. The topological polar surface area (TPSA) is 44.7 Å². The van der Waals surface area contributed by atoms with Crippen LogP contribution in [0.5, 0.6) is 0 Å². The Labute approximate surface area is 176 Å². The number of rotatable bonds is 4. The summed E-state index contributed by atoms with van der Waals surface area (Å²) in [7, 11) is 0. The molecule has 0 aliphatic carbocycles. The molecule has 0 bridgehead atoms. The van der Waals surface area contributed by atoms with E-state index in [2.05, 4.69) is 55.3 Å². The van der Waals surface area contributed by atoms with Crippen LogP contribution < -0.4 is 10.3 Å². The van der Waals surface area contributed by atoms with Crippen molar-refractivity contribution in [2.75, 3.05) is 11.4 Å². The van der Waals surface area contributed by atoms with E-state index in [0.29, 0.717) is 21.5 Å². The second-order valence-corrected chi connectivity index (χ2v) is 8.62. The summed E-state index contributed by atoms with van der Waals surface area (Å²) in [4.78, 5) is 14.7. The molecule has 28 heavy (non-hydrogen) atoms. The zero-order valence-electron chi connectivity index (χ0n) is 16.6. The van der Waals surface area contributed by atoms with E-state index in [-0.39, 0.29) is 11.4 Å². The van der Waals surface area contributed by atoms with E-state index in [1.807, 2.05) is 6.07 Å². The van der Waals surface area contributed by atoms with Gasteiger partial charge in [0.15, 0.2) is 0 Å². The van der Waals surface area contributed by atoms with Gasteiger partial charge in [0, 0.05) is 23.3 Å². The summed E-state index contributed by atoms with van der Waals surface area (Å²) in [5.41, 5.74) is 6.64. The van der Waals surface area contributed by atoms with Gasteiger partial charge in [-0.3, -0.25) is 4.79 Å². The molecule has 0 radical (unpaired) electrons. The molecule has 1 aliphatic rings. The molecule has 0 aromatic heterocycles. The number of amides is 1. The summed E-state index contributed by atoms with van der Waals surface area (Å²) in [6.45, 7) is 10.0. The number of halogens is 2. The van der Waals surface area contributed by atoms with Crippen molar-refractivity contribution in [1.29, 1.82) is 0 Å². The number of nitrogens with zero attached hydrogens (tertiary/aromatic N) is 2. The average Bonchev–Trinajstić information content (AvgIpc) is 2.64. The van der Waals surface area contributed by atoms with Gasteiger partial charge in [0.25, 0.3) is 5.91 Å². The van der Waals surface area contributed by atoms with Crippen molar-refractivity contribution < 1.29 is 4.79 Å². The molecule has 0 fully saturated rings. The van der Waals surface area contributed by atoms with E-state index in [0.717, 1.165) is 18.5 Å². The third-order valence-electron chi connectivity index (χ3n) is 5.29. The van der Waals surface area contributed by atoms with Crippen LogP contribution in [0.3, 0.4) is 0 Å². The molecule has 1 N–H and O–H groups in total. The maximum atomic E-state index is 12.2. The molecule has 1 atom stereocenters. The molecule has 0 unspecified atom stereocenters. The quantitative estimate of drug-likeness (QED) is 0.499. The molecule has 1 amide bonds. The van der Waals surface area contributed by atoms with E-state index in [1.165, 1.54) is 17.3 Å². The van der Waals surface area contributed by atoms with Gasteiger partial charge in [-0.15, -0.1) is 0 Å². The highest BCUT2D eigenvalue weighted by Crippen LogP contribution is 2.43. The lowest BCUT2D eigenvalue weighted by Crippen LogP contribution is -2.48. The molecule has 6 heteroatoms. The maximum Gasteiger partial charge on any atom is 0.271 e. The first-order valence-corrected chi connectivity index (χ1v) is 10.2. The third kappa shape index (κ3) is 4.18. The first-order valence-electron chi connectivity index (χ1n) is 9.43. The van der Waals surface area contributed by atoms with Crippen LogP contribution in [0, 0.1) is 0 Å². The number of anilines is 1. The molecule has 1 aliphatic heterocycles. The van der Waals surface area contributed by atoms with Gasteiger partial charge in [-0.05, 0) is 74.6 Å². The van der Waals surface area contributed by atoms with E-state index >= 15 is 0 Å². The minimum atomic E-state index is -0.333. The van der Waals surface area contributed by atoms with E-state index in [4.69, 9.17) is 23.2 Å². The minimum absolute atomic E-state index is 0.143. The smallest absolute Gasteiger partial charge is 0.271 e. The first-order chi connectivity index (χ1) is 13.2. The number of nitrogens with one attached hydrogen (secondary N) is 1. The first kappa shape index (κ1) is 20.7. The third-order valence-corrected chi connectivity index (χ3v) is 6.03. The van der Waals surface area contributed by atoms with Crippen molar-refractivity contribution in [3.63, 3.8) is 0 Å². The van der Waals surface area contributed by atoms with E-state index in [1.54, 1.807) is 18.3 Å². The van der Waals surface area contributed by atoms with Crippen molar-refractivity contribution in [2.24, 2.45) is 5.10 Å². The maximum absolute atomic E-state index is 12.2. The molecule has 3 rings (SSSR count). The van der Waals surface area contributed by atoms with Crippen molar-refractivity contribution in [3.05, 3.63) is 63.1 Å². The summed E-state index contributed by atoms with van der Waals surface area (Å²) < 4.78 is 0. The molecule has 4 nitrogen and oxygen atoms in total. The Balaban J connectivity index is 1.76. The zero-order chi connectivity index (χ0) is 20.5. The fourth-order valence-corrected chi connectivity index (χ4v) is 4.35. The van der Waals surface area contributed by atoms with Gasteiger partial charge in [0.2, 0.25) is 0 Å². The van der Waals surface area contributed by atoms with Crippen molar-refractivity contribution in [3.8, 4) is 0 Å². The minimum Gasteiger partial charge on any atom is -0.366 e. The molecule has 1 heterocycles. The Morgan fingerprint density at radius 1 is 1.25 bits per heavy atom. The van der Waals surface area contributed by atoms with Crippen LogP contribution in [-0.4, -0.2) is 24.2 Å². The Morgan fingerprint density at radius 3 is 2.68 bits per heavy atom. The van der Waals surface area contributed by atoms with Crippen LogP contribution in [0.1, 0.15) is 61.5 Å². The van der Waals surface area contributed by atoms with Crippen molar-refractivity contribution in [2.45, 2.75) is 45.6 Å². The van der Waals surface area contributed by atoms with Gasteiger partial charge in [0.1, 0.15) is 0 Å². The SMILES string of the molecule is CCN1c2ccc(/C=N\NC(=O)c3ccc(Cl)c(Cl)c3)cc2[C@H](C)CC1(C)C. The van der Waals surface area contributed by atoms with Gasteiger partial charge in [-0.1, -0.05) is 36.2 Å². The van der Waals surface area contributed by atoms with E-state index < -0.39 is 0 Å². The summed E-state index contributed by atoms with van der Waals surface area (Å²) in [5, 5.41) is 4.85. The molecule has 2 aromatic rings. The van der Waals surface area contributed by atoms with Crippen LogP contribution in [0.4, 0.5) is 5.69 Å². The lowest BCUT2D eigenvalue weighted by atomic mass is 9.79. The Hall–Kier alpha value is -2.04. The highest BCUT2D eigenvalue weighted by Gasteiger charge is 2.35. The lowest BCUT2D eigenvalue weighted by Gasteiger charge is -2.47. The van der Waals surface area contributed by atoms with Crippen molar-refractivity contribution in [1.82, 2.24) is 5.43 Å². The largest absolute Gasteiger partial charge is 0.366 e. The normalized spacial score (nSPS) is 18.2. The second kappa shape index (κ2) is 8.14. The summed E-state index contributed by atoms with van der Waals surface area (Å²) in [6.07, 6.45) is 2.76. The number of hydrogen-bond acceptors (Lipinski definition) is 3. The molecule has 2 aromatic carbocycles. The van der Waals surface area contributed by atoms with Gasteiger partial charge >= 0.3 is 0 Å². The molecular weight excluding hydrogens is 393 g/mol. The predicted molar refractivity (Wildman–Crippen MR) is 118 cm³/mol. The number of hydrogen-bond donors (Lipinski definition) is 1. The predicted octanol–water partition coefficient (Wildman–Crippen LogP) is 5.87. The van der Waals surface area contributed by atoms with Crippen LogP contribution in [0.15, 0.2) is 41.5 Å². The number of carbonyl (C=O) groups is 1. The second-order valence-electron chi connectivity index (χ2n) is 7.81. The highest BCUT2D eigenvalue weighted by atomic mass is 35.5. The molecular formula is C22H25Cl2N3O. The average molecular weight is 418 g/mol.